The number of nitrogens with two attached hydrogens (primary N) is 1. The first kappa shape index (κ1) is 15.1. The lowest BCUT2D eigenvalue weighted by Crippen LogP contribution is -2.16. The summed E-state index contributed by atoms with van der Waals surface area (Å²) in [6, 6.07) is 16.9. The predicted octanol–water partition coefficient (Wildman–Crippen LogP) is 2.45. The van der Waals surface area contributed by atoms with Gasteiger partial charge in [0, 0.05) is 4.90 Å². The number of thioether (sulfide) groups is 1. The maximum Gasteiger partial charge on any atom is 0.228 e. The van der Waals surface area contributed by atoms with Crippen LogP contribution in [0.3, 0.4) is 0 Å². The summed E-state index contributed by atoms with van der Waals surface area (Å²) in [7, 11) is 0. The Morgan fingerprint density at radius 1 is 1.00 bits per heavy atom. The number of carbonyl (C=O) groups excluding carboxylic acids is 2. The van der Waals surface area contributed by atoms with Gasteiger partial charge in [0.1, 0.15) is 0 Å². The Bertz CT molecular complexity index is 629. The summed E-state index contributed by atoms with van der Waals surface area (Å²) in [4.78, 5) is 23.8. The Hall–Kier alpha value is -2.27. The maximum atomic E-state index is 12.1. The van der Waals surface area contributed by atoms with Crippen LogP contribution >= 0.6 is 11.8 Å². The molecule has 0 fully saturated rings. The lowest BCUT2D eigenvalue weighted by molar-refractivity contribution is -0.116. The number of nitrogens with one attached hydrogen (secondary N) is 1. The third-order valence-corrected chi connectivity index (χ3v) is 3.83. The van der Waals surface area contributed by atoms with Gasteiger partial charge < -0.3 is 11.1 Å². The zero-order chi connectivity index (χ0) is 15.1. The minimum Gasteiger partial charge on any atom is -0.369 e. The average Bonchev–Trinajstić information content (AvgIpc) is 2.47. The van der Waals surface area contributed by atoms with Crippen LogP contribution in [0.1, 0.15) is 5.56 Å². The fourth-order valence-electron chi connectivity index (χ4n) is 1.82. The molecule has 2 amide bonds. The number of primary amides is 1. The summed E-state index contributed by atoms with van der Waals surface area (Å²) >= 11 is 1.31. The first-order valence-corrected chi connectivity index (χ1v) is 7.47. The Morgan fingerprint density at radius 2 is 1.67 bits per heavy atom. The van der Waals surface area contributed by atoms with Crippen LogP contribution in [0.4, 0.5) is 5.69 Å². The number of carbonyl (C=O) groups is 2. The number of hydrogen-bond donors (Lipinski definition) is 2. The highest BCUT2D eigenvalue weighted by Crippen LogP contribution is 2.26. The molecule has 0 atom stereocenters. The van der Waals surface area contributed by atoms with Crippen molar-refractivity contribution in [2.45, 2.75) is 11.3 Å². The minimum absolute atomic E-state index is 0.0895. The number of amides is 2. The minimum atomic E-state index is -0.384. The number of rotatable bonds is 6. The molecule has 0 radical (unpaired) electrons. The summed E-state index contributed by atoms with van der Waals surface area (Å²) in [6.07, 6.45) is 0.315. The number of benzene rings is 2. The van der Waals surface area contributed by atoms with Gasteiger partial charge in [-0.15, -0.1) is 11.8 Å². The summed E-state index contributed by atoms with van der Waals surface area (Å²) in [5.74, 6) is -0.287. The SMILES string of the molecule is NC(=O)CSc1ccccc1NC(=O)Cc1ccccc1. The van der Waals surface area contributed by atoms with Crippen LogP contribution in [0, 0.1) is 0 Å². The lowest BCUT2D eigenvalue weighted by atomic mass is 10.1. The van der Waals surface area contributed by atoms with Crippen molar-refractivity contribution >= 4 is 29.3 Å². The van der Waals surface area contributed by atoms with Crippen LogP contribution in [0.5, 0.6) is 0 Å². The Morgan fingerprint density at radius 3 is 2.38 bits per heavy atom. The maximum absolute atomic E-state index is 12.1. The molecule has 2 aromatic rings. The van der Waals surface area contributed by atoms with Crippen LogP contribution in [-0.4, -0.2) is 17.6 Å². The molecule has 108 valence electrons. The molecule has 5 heteroatoms. The molecule has 0 saturated carbocycles. The van der Waals surface area contributed by atoms with E-state index in [-0.39, 0.29) is 17.6 Å². The quantitative estimate of drug-likeness (QED) is 0.805. The van der Waals surface area contributed by atoms with Gasteiger partial charge in [0.25, 0.3) is 0 Å². The van der Waals surface area contributed by atoms with Gasteiger partial charge in [0.05, 0.1) is 17.9 Å². The summed E-state index contributed by atoms with van der Waals surface area (Å²) in [5.41, 5.74) is 6.80. The molecule has 0 aliphatic heterocycles. The number of para-hydroxylation sites is 1. The summed E-state index contributed by atoms with van der Waals surface area (Å²) in [5, 5.41) is 2.87. The highest BCUT2D eigenvalue weighted by atomic mass is 32.2. The van der Waals surface area contributed by atoms with Gasteiger partial charge in [-0.3, -0.25) is 9.59 Å². The van der Waals surface area contributed by atoms with E-state index < -0.39 is 0 Å². The molecule has 0 aliphatic carbocycles. The topological polar surface area (TPSA) is 72.2 Å². The second-order valence-electron chi connectivity index (χ2n) is 4.46. The summed E-state index contributed by atoms with van der Waals surface area (Å²) in [6.45, 7) is 0. The Balaban J connectivity index is 2.01. The van der Waals surface area contributed by atoms with Crippen LogP contribution < -0.4 is 11.1 Å². The van der Waals surface area contributed by atoms with E-state index >= 15 is 0 Å². The molecule has 0 aliphatic rings. The van der Waals surface area contributed by atoms with Crippen molar-refractivity contribution < 1.29 is 9.59 Å². The zero-order valence-corrected chi connectivity index (χ0v) is 12.2. The van der Waals surface area contributed by atoms with Crippen LogP contribution in [0.2, 0.25) is 0 Å². The van der Waals surface area contributed by atoms with Crippen molar-refractivity contribution in [3.63, 3.8) is 0 Å². The zero-order valence-electron chi connectivity index (χ0n) is 11.4. The van der Waals surface area contributed by atoms with Crippen molar-refractivity contribution in [1.82, 2.24) is 0 Å². The van der Waals surface area contributed by atoms with Gasteiger partial charge in [-0.1, -0.05) is 42.5 Å². The van der Waals surface area contributed by atoms with Crippen LogP contribution in [0.15, 0.2) is 59.5 Å². The molecule has 4 nitrogen and oxygen atoms in total. The normalized spacial score (nSPS) is 10.1. The second kappa shape index (κ2) is 7.50. The van der Waals surface area contributed by atoms with Crippen molar-refractivity contribution in [2.24, 2.45) is 5.73 Å². The number of hydrogen-bond acceptors (Lipinski definition) is 3. The van der Waals surface area contributed by atoms with Gasteiger partial charge in [0.2, 0.25) is 11.8 Å². The van der Waals surface area contributed by atoms with E-state index in [1.807, 2.05) is 54.6 Å². The molecule has 0 aromatic heterocycles. The highest BCUT2D eigenvalue weighted by molar-refractivity contribution is 8.00. The van der Waals surface area contributed by atoms with Crippen molar-refractivity contribution in [3.05, 3.63) is 60.2 Å². The van der Waals surface area contributed by atoms with E-state index in [0.717, 1.165) is 10.5 Å². The standard InChI is InChI=1S/C16H16N2O2S/c17-15(19)11-21-14-9-5-4-8-13(14)18-16(20)10-12-6-2-1-3-7-12/h1-9H,10-11H2,(H2,17,19)(H,18,20). The molecular weight excluding hydrogens is 284 g/mol. The van der Waals surface area contributed by atoms with E-state index in [4.69, 9.17) is 5.73 Å². The largest absolute Gasteiger partial charge is 0.369 e. The van der Waals surface area contributed by atoms with E-state index in [2.05, 4.69) is 5.32 Å². The van der Waals surface area contributed by atoms with Crippen LogP contribution in [-0.2, 0) is 16.0 Å². The molecule has 0 heterocycles. The molecular formula is C16H16N2O2S. The number of anilines is 1. The smallest absolute Gasteiger partial charge is 0.228 e. The fraction of sp³-hybridized carbons (Fsp3) is 0.125. The summed E-state index contributed by atoms with van der Waals surface area (Å²) < 4.78 is 0. The molecule has 2 rings (SSSR count). The highest BCUT2D eigenvalue weighted by Gasteiger charge is 2.08. The predicted molar refractivity (Wildman–Crippen MR) is 85.1 cm³/mol. The molecule has 2 aromatic carbocycles. The first-order chi connectivity index (χ1) is 10.1. The van der Waals surface area contributed by atoms with Gasteiger partial charge >= 0.3 is 0 Å². The van der Waals surface area contributed by atoms with Crippen LogP contribution in [0.25, 0.3) is 0 Å². The van der Waals surface area contributed by atoms with Gasteiger partial charge in [-0.2, -0.15) is 0 Å². The van der Waals surface area contributed by atoms with E-state index in [1.54, 1.807) is 0 Å². The Kier molecular flexibility index (Phi) is 5.40. The monoisotopic (exact) mass is 300 g/mol. The second-order valence-corrected chi connectivity index (χ2v) is 5.48. The third-order valence-electron chi connectivity index (χ3n) is 2.74. The fourth-order valence-corrected chi connectivity index (χ4v) is 2.57. The van der Waals surface area contributed by atoms with Crippen molar-refractivity contribution in [1.29, 1.82) is 0 Å². The van der Waals surface area contributed by atoms with E-state index in [1.165, 1.54) is 11.8 Å². The lowest BCUT2D eigenvalue weighted by Gasteiger charge is -2.10. The van der Waals surface area contributed by atoms with E-state index in [0.29, 0.717) is 12.1 Å². The van der Waals surface area contributed by atoms with Crippen molar-refractivity contribution in [2.75, 3.05) is 11.1 Å². The molecule has 0 unspecified atom stereocenters. The van der Waals surface area contributed by atoms with Gasteiger partial charge in [0.15, 0.2) is 0 Å². The molecule has 21 heavy (non-hydrogen) atoms. The van der Waals surface area contributed by atoms with Gasteiger partial charge in [-0.25, -0.2) is 0 Å². The van der Waals surface area contributed by atoms with Gasteiger partial charge in [-0.05, 0) is 17.7 Å². The Labute approximate surface area is 127 Å². The third kappa shape index (κ3) is 4.96. The molecule has 0 spiro atoms. The molecule has 0 bridgehead atoms. The molecule has 3 N–H and O–H groups in total. The van der Waals surface area contributed by atoms with E-state index in [9.17, 15) is 9.59 Å². The van der Waals surface area contributed by atoms with Crippen molar-refractivity contribution in [3.8, 4) is 0 Å². The average molecular weight is 300 g/mol. The molecule has 0 saturated heterocycles. The first-order valence-electron chi connectivity index (χ1n) is 6.49.